The molecule has 5 aromatic rings. The third kappa shape index (κ3) is 3.81. The average Bonchev–Trinajstić information content (AvgIpc) is 3.23. The summed E-state index contributed by atoms with van der Waals surface area (Å²) in [7, 11) is 0. The summed E-state index contributed by atoms with van der Waals surface area (Å²) in [4.78, 5) is 13.1. The number of aromatic nitrogens is 5. The molecular weight excluding hydrogens is 400 g/mol. The molecule has 0 spiro atoms. The molecule has 0 fully saturated rings. The molecule has 3 aromatic heterocycles. The number of pyridine rings is 1. The molecule has 1 atom stereocenters. The van der Waals surface area contributed by atoms with Crippen LogP contribution in [0.5, 0.6) is 0 Å². The molecular formula is C25H22N6O. The Morgan fingerprint density at radius 3 is 2.56 bits per heavy atom. The van der Waals surface area contributed by atoms with Crippen LogP contribution in [0.2, 0.25) is 0 Å². The predicted octanol–water partition coefficient (Wildman–Crippen LogP) is 4.54. The molecule has 3 heterocycles. The van der Waals surface area contributed by atoms with E-state index in [2.05, 4.69) is 43.7 Å². The van der Waals surface area contributed by atoms with Crippen LogP contribution in [0.3, 0.4) is 0 Å². The number of aromatic amines is 1. The lowest BCUT2D eigenvalue weighted by Gasteiger charge is -2.19. The Balaban J connectivity index is 1.61. The van der Waals surface area contributed by atoms with Crippen LogP contribution in [0.25, 0.3) is 33.3 Å². The number of fused-ring (bicyclic) bond motifs is 1. The van der Waals surface area contributed by atoms with Crippen molar-refractivity contribution in [2.24, 2.45) is 0 Å². The van der Waals surface area contributed by atoms with E-state index in [0.29, 0.717) is 0 Å². The molecule has 5 rings (SSSR count). The van der Waals surface area contributed by atoms with Crippen LogP contribution in [-0.2, 0) is 0 Å². The first-order chi connectivity index (χ1) is 15.7. The highest BCUT2D eigenvalue weighted by Gasteiger charge is 2.15. The van der Waals surface area contributed by atoms with Crippen molar-refractivity contribution in [2.45, 2.75) is 13.0 Å². The normalized spacial score (nSPS) is 12.1. The molecule has 3 N–H and O–H groups in total. The van der Waals surface area contributed by atoms with Gasteiger partial charge in [0, 0.05) is 28.9 Å². The number of H-pyrrole nitrogens is 1. The van der Waals surface area contributed by atoms with E-state index in [1.54, 1.807) is 18.6 Å². The molecule has 7 nitrogen and oxygen atoms in total. The fourth-order valence-electron chi connectivity index (χ4n) is 3.85. The van der Waals surface area contributed by atoms with Gasteiger partial charge in [-0.15, -0.1) is 0 Å². The van der Waals surface area contributed by atoms with Gasteiger partial charge in [0.2, 0.25) is 0 Å². The molecule has 32 heavy (non-hydrogen) atoms. The Labute approximate surface area is 185 Å². The molecule has 0 saturated carbocycles. The van der Waals surface area contributed by atoms with Gasteiger partial charge < -0.3 is 10.4 Å². The Morgan fingerprint density at radius 2 is 1.78 bits per heavy atom. The minimum absolute atomic E-state index is 0.0339. The molecule has 2 aromatic carbocycles. The molecule has 0 amide bonds. The lowest BCUT2D eigenvalue weighted by atomic mass is 9.98. The Kier molecular flexibility index (Phi) is 5.31. The fourth-order valence-corrected chi connectivity index (χ4v) is 3.85. The predicted molar refractivity (Wildman–Crippen MR) is 125 cm³/mol. The van der Waals surface area contributed by atoms with Crippen LogP contribution in [0, 0.1) is 6.92 Å². The molecule has 0 aliphatic heterocycles. The van der Waals surface area contributed by atoms with Crippen LogP contribution in [-0.4, -0.2) is 36.9 Å². The van der Waals surface area contributed by atoms with Crippen LogP contribution in [0.15, 0.2) is 79.5 Å². The van der Waals surface area contributed by atoms with Gasteiger partial charge >= 0.3 is 0 Å². The number of benzene rings is 2. The topological polar surface area (TPSA) is 99.6 Å². The number of nitrogens with one attached hydrogen (secondary N) is 2. The Hall–Kier alpha value is -4.10. The van der Waals surface area contributed by atoms with Crippen LogP contribution >= 0.6 is 0 Å². The number of rotatable bonds is 6. The third-order valence-corrected chi connectivity index (χ3v) is 5.51. The molecule has 1 unspecified atom stereocenters. The second-order valence-electron chi connectivity index (χ2n) is 7.61. The zero-order valence-corrected chi connectivity index (χ0v) is 17.5. The summed E-state index contributed by atoms with van der Waals surface area (Å²) in [6.07, 6.45) is 6.80. The van der Waals surface area contributed by atoms with Crippen molar-refractivity contribution < 1.29 is 5.11 Å². The number of anilines is 1. The molecule has 0 aliphatic carbocycles. The van der Waals surface area contributed by atoms with E-state index in [9.17, 15) is 5.11 Å². The quantitative estimate of drug-likeness (QED) is 0.372. The van der Waals surface area contributed by atoms with Gasteiger partial charge in [-0.2, -0.15) is 5.10 Å². The van der Waals surface area contributed by atoms with E-state index < -0.39 is 0 Å². The van der Waals surface area contributed by atoms with Crippen LogP contribution < -0.4 is 5.32 Å². The summed E-state index contributed by atoms with van der Waals surface area (Å²) < 4.78 is 0. The van der Waals surface area contributed by atoms with Crippen molar-refractivity contribution in [1.82, 2.24) is 25.1 Å². The number of aliphatic hydroxyl groups is 1. The van der Waals surface area contributed by atoms with E-state index in [0.717, 1.165) is 50.2 Å². The van der Waals surface area contributed by atoms with E-state index in [4.69, 9.17) is 4.98 Å². The summed E-state index contributed by atoms with van der Waals surface area (Å²) in [5.74, 6) is 0. The van der Waals surface area contributed by atoms with Crippen molar-refractivity contribution in [1.29, 1.82) is 0 Å². The molecule has 0 radical (unpaired) electrons. The molecule has 0 saturated heterocycles. The highest BCUT2D eigenvalue weighted by molar-refractivity contribution is 5.90. The van der Waals surface area contributed by atoms with Crippen molar-refractivity contribution in [3.05, 3.63) is 90.8 Å². The summed E-state index contributed by atoms with van der Waals surface area (Å²) in [5.41, 5.74) is 7.33. The minimum atomic E-state index is -0.240. The van der Waals surface area contributed by atoms with Crippen molar-refractivity contribution in [3.8, 4) is 22.4 Å². The van der Waals surface area contributed by atoms with Crippen molar-refractivity contribution >= 4 is 16.6 Å². The first-order valence-electron chi connectivity index (χ1n) is 10.4. The smallest absolute Gasteiger partial charge is 0.115 e. The molecule has 0 aliphatic rings. The zero-order valence-electron chi connectivity index (χ0n) is 17.5. The van der Waals surface area contributed by atoms with E-state index >= 15 is 0 Å². The first kappa shape index (κ1) is 19.8. The van der Waals surface area contributed by atoms with Gasteiger partial charge in [0.25, 0.3) is 0 Å². The van der Waals surface area contributed by atoms with Gasteiger partial charge in [0.05, 0.1) is 41.4 Å². The largest absolute Gasteiger partial charge is 0.394 e. The van der Waals surface area contributed by atoms with E-state index in [1.807, 2.05) is 43.3 Å². The van der Waals surface area contributed by atoms with E-state index in [1.165, 1.54) is 6.33 Å². The summed E-state index contributed by atoms with van der Waals surface area (Å²) >= 11 is 0. The highest BCUT2D eigenvalue weighted by atomic mass is 16.3. The molecule has 0 bridgehead atoms. The number of hydrogen-bond donors (Lipinski definition) is 3. The first-order valence-corrected chi connectivity index (χ1v) is 10.4. The number of nitrogens with zero attached hydrogens (tertiary/aromatic N) is 4. The SMILES string of the molecule is Cc1n[nH]c2ccc(-c3cc(NC(CO)c4ccccc4)cnc3-c3cncnc3)cc12. The van der Waals surface area contributed by atoms with Gasteiger partial charge in [0.15, 0.2) is 0 Å². The monoisotopic (exact) mass is 422 g/mol. The average molecular weight is 422 g/mol. The van der Waals surface area contributed by atoms with Gasteiger partial charge in [-0.3, -0.25) is 10.1 Å². The van der Waals surface area contributed by atoms with Crippen molar-refractivity contribution in [3.63, 3.8) is 0 Å². The zero-order chi connectivity index (χ0) is 21.9. The number of aryl methyl sites for hydroxylation is 1. The molecule has 7 heteroatoms. The standard InChI is InChI=1S/C25H22N6O/c1-16-21-9-18(7-8-23(21)31-30-16)22-10-20(13-28-25(22)19-11-26-15-27-12-19)29-24(14-32)17-5-3-2-4-6-17/h2-13,15,24,29,32H,14H2,1H3,(H,30,31). The third-order valence-electron chi connectivity index (χ3n) is 5.51. The summed E-state index contributed by atoms with van der Waals surface area (Å²) in [5, 5.41) is 21.8. The Bertz CT molecular complexity index is 1350. The van der Waals surface area contributed by atoms with Crippen LogP contribution in [0.1, 0.15) is 17.3 Å². The molecule has 158 valence electrons. The second kappa shape index (κ2) is 8.56. The second-order valence-corrected chi connectivity index (χ2v) is 7.61. The van der Waals surface area contributed by atoms with Crippen molar-refractivity contribution in [2.75, 3.05) is 11.9 Å². The number of aliphatic hydroxyl groups excluding tert-OH is 1. The maximum Gasteiger partial charge on any atom is 0.115 e. The fraction of sp³-hybridized carbons (Fsp3) is 0.120. The maximum absolute atomic E-state index is 9.98. The minimum Gasteiger partial charge on any atom is -0.394 e. The lowest BCUT2D eigenvalue weighted by Crippen LogP contribution is -2.15. The summed E-state index contributed by atoms with van der Waals surface area (Å²) in [6, 6.07) is 17.9. The van der Waals surface area contributed by atoms with Gasteiger partial charge in [0.1, 0.15) is 6.33 Å². The Morgan fingerprint density at radius 1 is 0.969 bits per heavy atom. The maximum atomic E-state index is 9.98. The lowest BCUT2D eigenvalue weighted by molar-refractivity contribution is 0.276. The van der Waals surface area contributed by atoms with Gasteiger partial charge in [-0.25, -0.2) is 9.97 Å². The van der Waals surface area contributed by atoms with E-state index in [-0.39, 0.29) is 12.6 Å². The number of hydrogen-bond acceptors (Lipinski definition) is 6. The highest BCUT2D eigenvalue weighted by Crippen LogP contribution is 2.34. The summed E-state index contributed by atoms with van der Waals surface area (Å²) in [6.45, 7) is 1.95. The van der Waals surface area contributed by atoms with Crippen LogP contribution in [0.4, 0.5) is 5.69 Å². The van der Waals surface area contributed by atoms with Gasteiger partial charge in [-0.05, 0) is 36.2 Å². The van der Waals surface area contributed by atoms with Gasteiger partial charge in [-0.1, -0.05) is 36.4 Å².